The van der Waals surface area contributed by atoms with E-state index in [1.807, 2.05) is 0 Å². The van der Waals surface area contributed by atoms with E-state index >= 15 is 0 Å². The Morgan fingerprint density at radius 2 is 1.59 bits per heavy atom. The van der Waals surface area contributed by atoms with Crippen LogP contribution in [0.15, 0.2) is 24.4 Å². The number of amides is 2. The van der Waals surface area contributed by atoms with E-state index in [2.05, 4.69) is 5.10 Å². The Morgan fingerprint density at radius 3 is 2.19 bits per heavy atom. The molecule has 3 saturated heterocycles. The van der Waals surface area contributed by atoms with Gasteiger partial charge in [0.2, 0.25) is 11.8 Å². The van der Waals surface area contributed by atoms with E-state index in [0.29, 0.717) is 15.6 Å². The van der Waals surface area contributed by atoms with Crippen molar-refractivity contribution in [3.8, 4) is 0 Å². The summed E-state index contributed by atoms with van der Waals surface area (Å²) >= 11 is 18.7. The number of benzene rings is 1. The molecule has 0 N–H and O–H groups in total. The van der Waals surface area contributed by atoms with Crippen LogP contribution in [-0.2, 0) is 20.9 Å². The fourth-order valence-corrected chi connectivity index (χ4v) is 5.14. The fraction of sp³-hybridized carbons (Fsp3) is 0.389. The lowest BCUT2D eigenvalue weighted by Gasteiger charge is -2.15. The molecule has 6 nitrogen and oxygen atoms in total. The van der Waals surface area contributed by atoms with Crippen LogP contribution in [0.2, 0.25) is 15.1 Å². The van der Waals surface area contributed by atoms with E-state index in [4.69, 9.17) is 39.5 Å². The quantitative estimate of drug-likeness (QED) is 0.704. The van der Waals surface area contributed by atoms with Crippen LogP contribution in [0.3, 0.4) is 0 Å². The molecule has 5 rings (SSSR count). The van der Waals surface area contributed by atoms with E-state index in [-0.39, 0.29) is 41.4 Å². The molecule has 3 aliphatic heterocycles. The number of carbonyl (C=O) groups is 2. The van der Waals surface area contributed by atoms with Crippen LogP contribution >= 0.6 is 34.8 Å². The molecule has 0 aliphatic carbocycles. The Balaban J connectivity index is 1.47. The first-order valence-corrected chi connectivity index (χ1v) is 9.78. The third-order valence-corrected chi connectivity index (χ3v) is 6.55. The van der Waals surface area contributed by atoms with Gasteiger partial charge >= 0.3 is 0 Å². The number of halogens is 3. The number of anilines is 1. The summed E-state index contributed by atoms with van der Waals surface area (Å²) in [5.74, 6) is -1.24. The van der Waals surface area contributed by atoms with Crippen molar-refractivity contribution in [1.82, 2.24) is 9.78 Å². The van der Waals surface area contributed by atoms with E-state index in [0.717, 1.165) is 17.7 Å². The van der Waals surface area contributed by atoms with Crippen LogP contribution in [0.5, 0.6) is 0 Å². The first-order valence-electron chi connectivity index (χ1n) is 8.65. The normalized spacial score (nSPS) is 29.1. The van der Waals surface area contributed by atoms with Gasteiger partial charge in [0, 0.05) is 21.8 Å². The zero-order chi connectivity index (χ0) is 18.9. The smallest absolute Gasteiger partial charge is 0.241 e. The molecule has 0 unspecified atom stereocenters. The summed E-state index contributed by atoms with van der Waals surface area (Å²) < 4.78 is 7.28. The third kappa shape index (κ3) is 2.54. The highest BCUT2D eigenvalue weighted by atomic mass is 35.5. The van der Waals surface area contributed by atoms with Gasteiger partial charge in [-0.3, -0.25) is 14.3 Å². The van der Waals surface area contributed by atoms with Crippen molar-refractivity contribution in [3.05, 3.63) is 45.0 Å². The zero-order valence-electron chi connectivity index (χ0n) is 13.9. The van der Waals surface area contributed by atoms with Crippen LogP contribution in [0.4, 0.5) is 5.82 Å². The monoisotopic (exact) mass is 425 g/mol. The maximum Gasteiger partial charge on any atom is 0.241 e. The van der Waals surface area contributed by atoms with Crippen LogP contribution in [0, 0.1) is 11.8 Å². The number of imide groups is 1. The largest absolute Gasteiger partial charge is 0.373 e. The predicted molar refractivity (Wildman–Crippen MR) is 100 cm³/mol. The Hall–Kier alpha value is -1.60. The summed E-state index contributed by atoms with van der Waals surface area (Å²) in [6.07, 6.45) is 2.84. The first-order chi connectivity index (χ1) is 13.0. The summed E-state index contributed by atoms with van der Waals surface area (Å²) in [5.41, 5.74) is 0.689. The Bertz CT molecular complexity index is 928. The highest BCUT2D eigenvalue weighted by Crippen LogP contribution is 2.49. The van der Waals surface area contributed by atoms with E-state index in [1.165, 1.54) is 4.68 Å². The van der Waals surface area contributed by atoms with Gasteiger partial charge in [0.1, 0.15) is 5.02 Å². The van der Waals surface area contributed by atoms with Crippen LogP contribution in [-0.4, -0.2) is 33.8 Å². The molecule has 3 aliphatic rings. The molecule has 1 aromatic heterocycles. The average Bonchev–Trinajstić information content (AvgIpc) is 3.36. The second-order valence-electron chi connectivity index (χ2n) is 7.05. The maximum absolute atomic E-state index is 12.9. The van der Waals surface area contributed by atoms with E-state index in [9.17, 15) is 9.59 Å². The molecule has 0 saturated carbocycles. The van der Waals surface area contributed by atoms with Crippen molar-refractivity contribution in [2.75, 3.05) is 4.90 Å². The molecule has 3 fully saturated rings. The average molecular weight is 427 g/mol. The van der Waals surface area contributed by atoms with Crippen molar-refractivity contribution < 1.29 is 14.3 Å². The molecule has 4 heterocycles. The Kier molecular flexibility index (Phi) is 4.02. The standard InChI is InChI=1S/C18H14Cl3N3O3/c19-9-2-1-3-10(20)8(9)6-23-7-11(21)16(22-23)24-17(25)14-12-4-5-13(27-12)15(14)18(24)26/h1-3,7,12-15H,4-6H2/t12-,13+,14-,15-/m0/s1. The summed E-state index contributed by atoms with van der Waals surface area (Å²) in [7, 11) is 0. The summed E-state index contributed by atoms with van der Waals surface area (Å²) in [5, 5.41) is 5.62. The number of aromatic nitrogens is 2. The van der Waals surface area contributed by atoms with Crippen molar-refractivity contribution in [2.45, 2.75) is 31.6 Å². The van der Waals surface area contributed by atoms with Gasteiger partial charge < -0.3 is 4.74 Å². The van der Waals surface area contributed by atoms with Crippen LogP contribution in [0.1, 0.15) is 18.4 Å². The molecule has 2 bridgehead atoms. The molecule has 27 heavy (non-hydrogen) atoms. The minimum absolute atomic E-state index is 0.156. The topological polar surface area (TPSA) is 64.4 Å². The predicted octanol–water partition coefficient (Wildman–Crippen LogP) is 3.56. The van der Waals surface area contributed by atoms with Gasteiger partial charge in [-0.1, -0.05) is 40.9 Å². The third-order valence-electron chi connectivity index (χ3n) is 5.58. The van der Waals surface area contributed by atoms with Gasteiger partial charge in [0.05, 0.1) is 30.6 Å². The number of ether oxygens (including phenoxy) is 1. The molecule has 0 spiro atoms. The Labute approximate surface area is 169 Å². The molecule has 2 aromatic rings. The minimum atomic E-state index is -0.421. The molecule has 1 aromatic carbocycles. The molecule has 140 valence electrons. The van der Waals surface area contributed by atoms with Gasteiger partial charge in [-0.2, -0.15) is 5.10 Å². The second-order valence-corrected chi connectivity index (χ2v) is 8.27. The zero-order valence-corrected chi connectivity index (χ0v) is 16.2. The summed E-state index contributed by atoms with van der Waals surface area (Å²) in [6.45, 7) is 0.273. The summed E-state index contributed by atoms with van der Waals surface area (Å²) in [6, 6.07) is 5.23. The molecule has 4 atom stereocenters. The van der Waals surface area contributed by atoms with Crippen molar-refractivity contribution in [1.29, 1.82) is 0 Å². The van der Waals surface area contributed by atoms with Gasteiger partial charge in [0.25, 0.3) is 0 Å². The van der Waals surface area contributed by atoms with Crippen LogP contribution in [0.25, 0.3) is 0 Å². The van der Waals surface area contributed by atoms with E-state index in [1.54, 1.807) is 24.4 Å². The lowest BCUT2D eigenvalue weighted by atomic mass is 9.81. The highest BCUT2D eigenvalue weighted by molar-refractivity contribution is 6.36. The van der Waals surface area contributed by atoms with Crippen molar-refractivity contribution >= 4 is 52.4 Å². The molecular formula is C18H14Cl3N3O3. The SMILES string of the molecule is O=C1[C@@H]2[C@@H](C(=O)N1c1nn(Cc3c(Cl)cccc3Cl)cc1Cl)[C@H]1CC[C@@H]2O1. The minimum Gasteiger partial charge on any atom is -0.373 e. The molecule has 2 amide bonds. The van der Waals surface area contributed by atoms with Crippen molar-refractivity contribution in [2.24, 2.45) is 11.8 Å². The molecule has 0 radical (unpaired) electrons. The fourth-order valence-electron chi connectivity index (χ4n) is 4.39. The number of fused-ring (bicyclic) bond motifs is 5. The number of rotatable bonds is 3. The number of carbonyl (C=O) groups excluding carboxylic acids is 2. The summed E-state index contributed by atoms with van der Waals surface area (Å²) in [4.78, 5) is 26.9. The molecular weight excluding hydrogens is 413 g/mol. The van der Waals surface area contributed by atoms with Gasteiger partial charge in [0.15, 0.2) is 5.82 Å². The lowest BCUT2D eigenvalue weighted by Crippen LogP contribution is -2.34. The van der Waals surface area contributed by atoms with Crippen LogP contribution < -0.4 is 4.90 Å². The lowest BCUT2D eigenvalue weighted by molar-refractivity contribution is -0.124. The number of hydrogen-bond donors (Lipinski definition) is 0. The van der Waals surface area contributed by atoms with E-state index < -0.39 is 11.8 Å². The number of hydrogen-bond acceptors (Lipinski definition) is 4. The highest BCUT2D eigenvalue weighted by Gasteiger charge is 2.63. The first kappa shape index (κ1) is 17.5. The second kappa shape index (κ2) is 6.21. The van der Waals surface area contributed by atoms with Gasteiger partial charge in [-0.15, -0.1) is 0 Å². The van der Waals surface area contributed by atoms with Gasteiger partial charge in [-0.05, 0) is 25.0 Å². The number of nitrogens with zero attached hydrogens (tertiary/aromatic N) is 3. The molecule has 9 heteroatoms. The maximum atomic E-state index is 12.9. The Morgan fingerprint density at radius 1 is 1.00 bits per heavy atom. The van der Waals surface area contributed by atoms with Crippen molar-refractivity contribution in [3.63, 3.8) is 0 Å². The van der Waals surface area contributed by atoms with Gasteiger partial charge in [-0.25, -0.2) is 4.90 Å².